The molecule has 0 saturated carbocycles. The third-order valence-electron chi connectivity index (χ3n) is 3.10. The van der Waals surface area contributed by atoms with Crippen molar-refractivity contribution in [2.24, 2.45) is 4.99 Å². The minimum atomic E-state index is -1.01. The van der Waals surface area contributed by atoms with E-state index in [1.54, 1.807) is 12.1 Å². The van der Waals surface area contributed by atoms with Gasteiger partial charge in [-0.15, -0.1) is 0 Å². The molecule has 1 atom stereocenters. The number of carboxylic acid groups (broad SMARTS) is 1. The van der Waals surface area contributed by atoms with Crippen LogP contribution < -0.4 is 5.32 Å². The summed E-state index contributed by atoms with van der Waals surface area (Å²) < 4.78 is 0. The van der Waals surface area contributed by atoms with Crippen LogP contribution in [0.3, 0.4) is 0 Å². The second kappa shape index (κ2) is 9.55. The zero-order valence-electron chi connectivity index (χ0n) is 12.7. The Kier molecular flexibility index (Phi) is 7.67. The Morgan fingerprint density at radius 3 is 2.55 bits per heavy atom. The Bertz CT molecular complexity index is 511. The van der Waals surface area contributed by atoms with Crippen LogP contribution in [0.5, 0.6) is 5.75 Å². The quantitative estimate of drug-likeness (QED) is 0.478. The molecule has 1 rings (SSSR count). The highest BCUT2D eigenvalue weighted by Gasteiger charge is 2.17. The highest BCUT2D eigenvalue weighted by molar-refractivity contribution is 5.81. The summed E-state index contributed by atoms with van der Waals surface area (Å²) in [5.74, 6) is -1.10. The Hall–Kier alpha value is -2.37. The fraction of sp³-hybridized carbons (Fsp3) is 0.438. The number of rotatable bonds is 9. The van der Waals surface area contributed by atoms with Gasteiger partial charge in [-0.25, -0.2) is 4.79 Å². The highest BCUT2D eigenvalue weighted by Crippen LogP contribution is 2.09. The molecule has 0 fully saturated rings. The van der Waals surface area contributed by atoms with Crippen molar-refractivity contribution in [1.82, 2.24) is 5.32 Å². The number of nitrogens with zero attached hydrogens (tertiary/aromatic N) is 1. The van der Waals surface area contributed by atoms with Crippen molar-refractivity contribution in [2.75, 3.05) is 6.54 Å². The first kappa shape index (κ1) is 17.7. The van der Waals surface area contributed by atoms with E-state index >= 15 is 0 Å². The van der Waals surface area contributed by atoms with Crippen molar-refractivity contribution in [3.63, 3.8) is 0 Å². The summed E-state index contributed by atoms with van der Waals surface area (Å²) in [5.41, 5.74) is 1.07. The van der Waals surface area contributed by atoms with Crippen LogP contribution in [0.15, 0.2) is 29.3 Å². The number of unbranched alkanes of at least 4 members (excludes halogenated alkanes) is 1. The molecule has 3 N–H and O–H groups in total. The molecule has 0 bridgehead atoms. The second-order valence-corrected chi connectivity index (χ2v) is 5.05. The maximum atomic E-state index is 10.9. The second-order valence-electron chi connectivity index (χ2n) is 5.05. The molecular weight excluding hydrogens is 284 g/mol. The highest BCUT2D eigenvalue weighted by atomic mass is 16.4. The minimum Gasteiger partial charge on any atom is -0.508 e. The smallest absolute Gasteiger partial charge is 0.326 e. The maximum absolute atomic E-state index is 10.9. The van der Waals surface area contributed by atoms with Crippen molar-refractivity contribution < 1.29 is 19.8 Å². The average Bonchev–Trinajstić information content (AvgIpc) is 2.46. The minimum absolute atomic E-state index is 0.243. The fourth-order valence-electron chi connectivity index (χ4n) is 1.95. The number of aliphatic imine (C=N–C) groups is 1. The number of aromatic hydroxyl groups is 1. The van der Waals surface area contributed by atoms with E-state index in [0.29, 0.717) is 25.8 Å². The molecule has 1 aromatic rings. The first-order valence-corrected chi connectivity index (χ1v) is 7.25. The number of benzene rings is 1. The Morgan fingerprint density at radius 1 is 1.27 bits per heavy atom. The van der Waals surface area contributed by atoms with Crippen molar-refractivity contribution >= 4 is 18.1 Å². The van der Waals surface area contributed by atoms with E-state index < -0.39 is 12.0 Å². The number of carbonyl (C=O) groups excluding carboxylic acids is 1. The molecule has 0 aromatic heterocycles. The number of hydrogen-bond donors (Lipinski definition) is 3. The van der Waals surface area contributed by atoms with Crippen molar-refractivity contribution in [3.8, 4) is 5.75 Å². The Morgan fingerprint density at radius 2 is 1.95 bits per heavy atom. The van der Waals surface area contributed by atoms with Gasteiger partial charge in [0.25, 0.3) is 0 Å². The summed E-state index contributed by atoms with van der Waals surface area (Å²) in [7, 11) is 0. The number of phenols is 1. The topological polar surface area (TPSA) is 99.0 Å². The van der Waals surface area contributed by atoms with Gasteiger partial charge in [0.15, 0.2) is 0 Å². The SMILES string of the molecule is CC(=O)NC(CCCCN=CCc1ccc(O)cc1)C(=O)O. The van der Waals surface area contributed by atoms with Crippen LogP contribution in [0.2, 0.25) is 0 Å². The largest absolute Gasteiger partial charge is 0.508 e. The van der Waals surface area contributed by atoms with Gasteiger partial charge < -0.3 is 15.5 Å². The maximum Gasteiger partial charge on any atom is 0.326 e. The van der Waals surface area contributed by atoms with Crippen LogP contribution in [0.4, 0.5) is 0 Å². The van der Waals surface area contributed by atoms with Crippen LogP contribution in [-0.4, -0.2) is 40.9 Å². The summed E-state index contributed by atoms with van der Waals surface area (Å²) in [4.78, 5) is 26.1. The van der Waals surface area contributed by atoms with Gasteiger partial charge in [-0.05, 0) is 37.0 Å². The summed E-state index contributed by atoms with van der Waals surface area (Å²) in [6, 6.07) is 6.13. The van der Waals surface area contributed by atoms with Gasteiger partial charge in [0.2, 0.25) is 5.91 Å². The summed E-state index contributed by atoms with van der Waals surface area (Å²) in [5, 5.41) is 20.5. The van der Waals surface area contributed by atoms with Crippen LogP contribution in [0.25, 0.3) is 0 Å². The van der Waals surface area contributed by atoms with Crippen molar-refractivity contribution in [1.29, 1.82) is 0 Å². The van der Waals surface area contributed by atoms with E-state index in [1.807, 2.05) is 18.3 Å². The third-order valence-corrected chi connectivity index (χ3v) is 3.10. The molecule has 6 nitrogen and oxygen atoms in total. The summed E-state index contributed by atoms with van der Waals surface area (Å²) >= 11 is 0. The molecule has 1 amide bonds. The normalized spacial score (nSPS) is 12.2. The fourth-order valence-corrected chi connectivity index (χ4v) is 1.95. The Balaban J connectivity index is 2.18. The molecule has 0 heterocycles. The van der Waals surface area contributed by atoms with E-state index in [2.05, 4.69) is 10.3 Å². The van der Waals surface area contributed by atoms with Gasteiger partial charge in [0.05, 0.1) is 0 Å². The van der Waals surface area contributed by atoms with Crippen molar-refractivity contribution in [3.05, 3.63) is 29.8 Å². The zero-order chi connectivity index (χ0) is 16.4. The van der Waals surface area contributed by atoms with Gasteiger partial charge in [0.1, 0.15) is 11.8 Å². The number of carboxylic acids is 1. The van der Waals surface area contributed by atoms with Crippen LogP contribution in [0.1, 0.15) is 31.7 Å². The van der Waals surface area contributed by atoms with Crippen LogP contribution in [-0.2, 0) is 16.0 Å². The first-order valence-electron chi connectivity index (χ1n) is 7.25. The molecule has 120 valence electrons. The van der Waals surface area contributed by atoms with Crippen LogP contribution in [0, 0.1) is 0 Å². The molecule has 0 saturated heterocycles. The van der Waals surface area contributed by atoms with Gasteiger partial charge in [-0.3, -0.25) is 9.79 Å². The lowest BCUT2D eigenvalue weighted by Gasteiger charge is -2.12. The van der Waals surface area contributed by atoms with Gasteiger partial charge in [-0.2, -0.15) is 0 Å². The average molecular weight is 306 g/mol. The lowest BCUT2D eigenvalue weighted by Crippen LogP contribution is -2.39. The van der Waals surface area contributed by atoms with E-state index in [1.165, 1.54) is 6.92 Å². The predicted molar refractivity (Wildman–Crippen MR) is 84.3 cm³/mol. The standard InChI is InChI=1S/C16H22N2O4/c1-12(19)18-15(16(21)22)4-2-3-10-17-11-9-13-5-7-14(20)8-6-13/h5-8,11,15,20H,2-4,9-10H2,1H3,(H,18,19)(H,21,22). The summed E-state index contributed by atoms with van der Waals surface area (Å²) in [6.45, 7) is 1.94. The molecule has 0 aliphatic rings. The Labute approximate surface area is 129 Å². The molecule has 0 aliphatic carbocycles. The van der Waals surface area contributed by atoms with E-state index in [4.69, 9.17) is 10.2 Å². The molecule has 6 heteroatoms. The van der Waals surface area contributed by atoms with E-state index in [0.717, 1.165) is 12.0 Å². The molecule has 22 heavy (non-hydrogen) atoms. The first-order chi connectivity index (χ1) is 10.5. The third kappa shape index (κ3) is 7.42. The number of hydrogen-bond acceptors (Lipinski definition) is 4. The lowest BCUT2D eigenvalue weighted by molar-refractivity contribution is -0.141. The number of carbonyl (C=O) groups is 2. The molecule has 0 aliphatic heterocycles. The summed E-state index contributed by atoms with van der Waals surface area (Å²) in [6.07, 6.45) is 4.38. The number of amides is 1. The van der Waals surface area contributed by atoms with Crippen LogP contribution >= 0.6 is 0 Å². The number of phenolic OH excluding ortho intramolecular Hbond substituents is 1. The molecular formula is C16H22N2O4. The monoisotopic (exact) mass is 306 g/mol. The van der Waals surface area contributed by atoms with E-state index in [9.17, 15) is 9.59 Å². The number of nitrogens with one attached hydrogen (secondary N) is 1. The molecule has 1 unspecified atom stereocenters. The molecule has 0 radical (unpaired) electrons. The predicted octanol–water partition coefficient (Wildman–Crippen LogP) is 1.77. The van der Waals surface area contributed by atoms with Gasteiger partial charge >= 0.3 is 5.97 Å². The van der Waals surface area contributed by atoms with Gasteiger partial charge in [0, 0.05) is 26.1 Å². The molecule has 0 spiro atoms. The molecule has 1 aromatic carbocycles. The van der Waals surface area contributed by atoms with Gasteiger partial charge in [-0.1, -0.05) is 12.1 Å². The zero-order valence-corrected chi connectivity index (χ0v) is 12.7. The number of aliphatic carboxylic acids is 1. The lowest BCUT2D eigenvalue weighted by atomic mass is 10.1. The van der Waals surface area contributed by atoms with E-state index in [-0.39, 0.29) is 11.7 Å². The van der Waals surface area contributed by atoms with Crippen molar-refractivity contribution in [2.45, 2.75) is 38.6 Å².